The number of likely N-dealkylation sites (N-methyl/N-ethyl adjacent to an activating group) is 1. The van der Waals surface area contributed by atoms with Crippen molar-refractivity contribution in [3.8, 4) is 0 Å². The van der Waals surface area contributed by atoms with Gasteiger partial charge < -0.3 is 15.1 Å². The topological polar surface area (TPSA) is 74.2 Å². The summed E-state index contributed by atoms with van der Waals surface area (Å²) in [6.45, 7) is 8.59. The monoisotopic (exact) mass is 470 g/mol. The van der Waals surface area contributed by atoms with Crippen molar-refractivity contribution in [3.63, 3.8) is 0 Å². The van der Waals surface area contributed by atoms with Crippen molar-refractivity contribution in [2.24, 2.45) is 5.92 Å². The molecule has 1 N–H and O–H groups in total. The molecule has 3 atom stereocenters. The van der Waals surface area contributed by atoms with Gasteiger partial charge in [0.15, 0.2) is 0 Å². The van der Waals surface area contributed by atoms with E-state index in [4.69, 9.17) is 4.98 Å². The first-order chi connectivity index (χ1) is 16.9. The van der Waals surface area contributed by atoms with Crippen molar-refractivity contribution in [1.29, 1.82) is 0 Å². The highest BCUT2D eigenvalue weighted by atomic mass is 16.2. The van der Waals surface area contributed by atoms with Crippen LogP contribution in [0.3, 0.4) is 0 Å². The highest BCUT2D eigenvalue weighted by Crippen LogP contribution is 2.36. The summed E-state index contributed by atoms with van der Waals surface area (Å²) in [5.41, 5.74) is 6.39. The van der Waals surface area contributed by atoms with Gasteiger partial charge in [0.1, 0.15) is 0 Å². The normalized spacial score (nSPS) is 22.5. The van der Waals surface area contributed by atoms with Crippen LogP contribution < -0.4 is 5.32 Å². The largest absolute Gasteiger partial charge is 0.333 e. The average molecular weight is 471 g/mol. The molecular formula is C28H34N6O. The molecule has 3 aromatic rings. The number of nitrogens with zero attached hydrogens (tertiary/aromatic N) is 5. The molecule has 7 heteroatoms. The number of anilines is 2. The van der Waals surface area contributed by atoms with E-state index in [1.54, 1.807) is 6.20 Å². The fraction of sp³-hybridized carbons (Fsp3) is 0.429. The number of benzene rings is 1. The number of likely N-dealkylation sites (tertiary alicyclic amines) is 1. The lowest BCUT2D eigenvalue weighted by atomic mass is 9.79. The van der Waals surface area contributed by atoms with Crippen LogP contribution in [0.1, 0.15) is 47.3 Å². The molecule has 5 rings (SSSR count). The standard InChI is InChI=1S/C28H34N6O/c1-18-6-5-7-21(12-18)25-16-33(4)11-9-24(25)27(35)34-17-26-22(14-20(34)3)15-30-28(32-26)31-23-8-10-29-19(2)13-23/h5-8,10,12-13,15,20,24-25H,9,11,14,16-17H2,1-4H3,(H,29,30,31,32)/t20-,24+,25-/m1/s1. The van der Waals surface area contributed by atoms with Crippen LogP contribution in [0.5, 0.6) is 0 Å². The Hall–Kier alpha value is -3.32. The summed E-state index contributed by atoms with van der Waals surface area (Å²) in [5.74, 6) is 0.984. The number of pyridine rings is 1. The molecule has 2 aliphatic heterocycles. The van der Waals surface area contributed by atoms with Crippen LogP contribution in [0.2, 0.25) is 0 Å². The Morgan fingerprint density at radius 1 is 1.14 bits per heavy atom. The molecule has 0 spiro atoms. The smallest absolute Gasteiger partial charge is 0.227 e. The zero-order valence-corrected chi connectivity index (χ0v) is 21.0. The Bertz CT molecular complexity index is 1230. The van der Waals surface area contributed by atoms with Crippen molar-refractivity contribution in [2.75, 3.05) is 25.5 Å². The number of piperidine rings is 1. The van der Waals surface area contributed by atoms with Crippen LogP contribution in [0, 0.1) is 19.8 Å². The van der Waals surface area contributed by atoms with Crippen LogP contribution >= 0.6 is 0 Å². The van der Waals surface area contributed by atoms with Crippen LogP contribution in [0.25, 0.3) is 0 Å². The summed E-state index contributed by atoms with van der Waals surface area (Å²) in [5, 5.41) is 3.28. The minimum absolute atomic E-state index is 0.0174. The quantitative estimate of drug-likeness (QED) is 0.615. The molecule has 1 aromatic carbocycles. The molecule has 0 unspecified atom stereocenters. The Kier molecular flexibility index (Phi) is 6.52. The Labute approximate surface area is 207 Å². The molecule has 4 heterocycles. The first-order valence-corrected chi connectivity index (χ1v) is 12.5. The lowest BCUT2D eigenvalue weighted by Crippen LogP contribution is -2.50. The highest BCUT2D eigenvalue weighted by molar-refractivity contribution is 5.81. The maximum absolute atomic E-state index is 14.0. The molecule has 2 aliphatic rings. The van der Waals surface area contributed by atoms with Gasteiger partial charge >= 0.3 is 0 Å². The minimum atomic E-state index is -0.0174. The molecule has 35 heavy (non-hydrogen) atoms. The van der Waals surface area contributed by atoms with Gasteiger partial charge in [-0.3, -0.25) is 9.78 Å². The molecule has 0 radical (unpaired) electrons. The van der Waals surface area contributed by atoms with E-state index in [0.29, 0.717) is 12.5 Å². The zero-order valence-electron chi connectivity index (χ0n) is 21.0. The zero-order chi connectivity index (χ0) is 24.5. The van der Waals surface area contributed by atoms with Gasteiger partial charge in [-0.2, -0.15) is 0 Å². The number of hydrogen-bond donors (Lipinski definition) is 1. The lowest BCUT2D eigenvalue weighted by molar-refractivity contribution is -0.141. The third-order valence-electron chi connectivity index (χ3n) is 7.36. The number of nitrogens with one attached hydrogen (secondary N) is 1. The maximum atomic E-state index is 14.0. The van der Waals surface area contributed by atoms with E-state index in [0.717, 1.165) is 48.6 Å². The first-order valence-electron chi connectivity index (χ1n) is 12.5. The van der Waals surface area contributed by atoms with E-state index >= 15 is 0 Å². The first kappa shape index (κ1) is 23.4. The van der Waals surface area contributed by atoms with E-state index in [9.17, 15) is 4.79 Å². The molecular weight excluding hydrogens is 436 g/mol. The number of hydrogen-bond acceptors (Lipinski definition) is 6. The van der Waals surface area contributed by atoms with Gasteiger partial charge in [0.25, 0.3) is 0 Å². The van der Waals surface area contributed by atoms with Crippen LogP contribution in [-0.4, -0.2) is 56.8 Å². The molecule has 1 fully saturated rings. The number of amides is 1. The van der Waals surface area contributed by atoms with E-state index < -0.39 is 0 Å². The third kappa shape index (κ3) is 5.05. The van der Waals surface area contributed by atoms with Gasteiger partial charge in [-0.25, -0.2) is 9.97 Å². The van der Waals surface area contributed by atoms with Crippen LogP contribution in [0.4, 0.5) is 11.6 Å². The highest BCUT2D eigenvalue weighted by Gasteiger charge is 2.39. The Morgan fingerprint density at radius 3 is 2.80 bits per heavy atom. The number of aromatic nitrogens is 3. The van der Waals surface area contributed by atoms with E-state index in [1.165, 1.54) is 11.1 Å². The number of fused-ring (bicyclic) bond motifs is 1. The summed E-state index contributed by atoms with van der Waals surface area (Å²) >= 11 is 0. The fourth-order valence-corrected chi connectivity index (χ4v) is 5.46. The summed E-state index contributed by atoms with van der Waals surface area (Å²) in [6.07, 6.45) is 5.33. The van der Waals surface area contributed by atoms with Gasteiger partial charge in [0.2, 0.25) is 11.9 Å². The van der Waals surface area contributed by atoms with Gasteiger partial charge in [-0.05, 0) is 70.5 Å². The fourth-order valence-electron chi connectivity index (χ4n) is 5.46. The van der Waals surface area contributed by atoms with Crippen molar-refractivity contribution in [3.05, 3.63) is 76.9 Å². The van der Waals surface area contributed by atoms with Gasteiger partial charge in [-0.15, -0.1) is 0 Å². The van der Waals surface area contributed by atoms with Crippen LogP contribution in [-0.2, 0) is 17.8 Å². The van der Waals surface area contributed by atoms with E-state index in [2.05, 4.69) is 70.2 Å². The maximum Gasteiger partial charge on any atom is 0.227 e. The van der Waals surface area contributed by atoms with Crippen molar-refractivity contribution >= 4 is 17.5 Å². The summed E-state index contributed by atoms with van der Waals surface area (Å²) in [7, 11) is 2.15. The van der Waals surface area contributed by atoms with Gasteiger partial charge in [0, 0.05) is 48.2 Å². The lowest BCUT2D eigenvalue weighted by Gasteiger charge is -2.42. The van der Waals surface area contributed by atoms with Crippen LogP contribution in [0.15, 0.2) is 48.8 Å². The number of carbonyl (C=O) groups excluding carboxylic acids is 1. The van der Waals surface area contributed by atoms with Gasteiger partial charge in [0.05, 0.1) is 12.2 Å². The predicted octanol–water partition coefficient (Wildman–Crippen LogP) is 4.24. The van der Waals surface area contributed by atoms with Gasteiger partial charge in [-0.1, -0.05) is 29.8 Å². The number of aryl methyl sites for hydroxylation is 2. The molecule has 2 aromatic heterocycles. The molecule has 182 valence electrons. The predicted molar refractivity (Wildman–Crippen MR) is 138 cm³/mol. The number of rotatable bonds is 4. The molecule has 0 saturated carbocycles. The van der Waals surface area contributed by atoms with Crippen molar-refractivity contribution < 1.29 is 4.79 Å². The Morgan fingerprint density at radius 2 is 2.00 bits per heavy atom. The molecule has 0 bridgehead atoms. The second-order valence-corrected chi connectivity index (χ2v) is 10.2. The average Bonchev–Trinajstić information content (AvgIpc) is 2.83. The molecule has 1 amide bonds. The molecule has 0 aliphatic carbocycles. The summed E-state index contributed by atoms with van der Waals surface area (Å²) in [6, 6.07) is 12.6. The minimum Gasteiger partial charge on any atom is -0.333 e. The van der Waals surface area contributed by atoms with Crippen molar-refractivity contribution in [1.82, 2.24) is 24.8 Å². The second kappa shape index (κ2) is 9.74. The summed E-state index contributed by atoms with van der Waals surface area (Å²) in [4.78, 5) is 32.0. The summed E-state index contributed by atoms with van der Waals surface area (Å²) < 4.78 is 0. The Balaban J connectivity index is 1.38. The molecule has 1 saturated heterocycles. The van der Waals surface area contributed by atoms with E-state index in [-0.39, 0.29) is 23.8 Å². The SMILES string of the molecule is Cc1cccc([C@H]2CN(C)CC[C@@H]2C(=O)N2Cc3nc(Nc4ccnc(C)c4)ncc3C[C@H]2C)c1. The molecule has 7 nitrogen and oxygen atoms in total. The third-order valence-corrected chi connectivity index (χ3v) is 7.36. The van der Waals surface area contributed by atoms with Crippen molar-refractivity contribution in [2.45, 2.75) is 52.1 Å². The second-order valence-electron chi connectivity index (χ2n) is 10.2. The van der Waals surface area contributed by atoms with E-state index in [1.807, 2.05) is 25.3 Å². The number of carbonyl (C=O) groups is 1.